The van der Waals surface area contributed by atoms with E-state index >= 15 is 0 Å². The van der Waals surface area contributed by atoms with Crippen molar-refractivity contribution in [2.24, 2.45) is 0 Å². The summed E-state index contributed by atoms with van der Waals surface area (Å²) in [5.41, 5.74) is 0.172. The Balaban J connectivity index is 1.81. The van der Waals surface area contributed by atoms with Crippen molar-refractivity contribution in [2.45, 2.75) is 35.8 Å². The van der Waals surface area contributed by atoms with Gasteiger partial charge in [0.15, 0.2) is 11.4 Å². The van der Waals surface area contributed by atoms with Crippen LogP contribution in [0.4, 0.5) is 17.6 Å². The molecule has 36 heavy (non-hydrogen) atoms. The molecule has 2 aliphatic heterocycles. The summed E-state index contributed by atoms with van der Waals surface area (Å²) in [6, 6.07) is 7.39. The number of hydrogen-bond donors (Lipinski definition) is 1. The van der Waals surface area contributed by atoms with Crippen LogP contribution in [0.2, 0.25) is 5.02 Å². The van der Waals surface area contributed by atoms with Crippen LogP contribution in [-0.4, -0.2) is 39.5 Å². The van der Waals surface area contributed by atoms with Crippen LogP contribution in [0.25, 0.3) is 0 Å². The highest BCUT2D eigenvalue weighted by atomic mass is 35.5. The highest BCUT2D eigenvalue weighted by Gasteiger charge is 2.47. The van der Waals surface area contributed by atoms with Crippen molar-refractivity contribution in [1.29, 1.82) is 0 Å². The molecule has 0 saturated heterocycles. The van der Waals surface area contributed by atoms with E-state index in [2.05, 4.69) is 0 Å². The Morgan fingerprint density at radius 1 is 1.11 bits per heavy atom. The van der Waals surface area contributed by atoms with Crippen LogP contribution in [0.3, 0.4) is 0 Å². The number of carbonyl (C=O) groups excluding carboxylic acids is 1. The molecule has 0 radical (unpaired) electrons. The van der Waals surface area contributed by atoms with Crippen LogP contribution < -0.4 is 10.4 Å². The summed E-state index contributed by atoms with van der Waals surface area (Å²) in [5.74, 6) is -2.33. The number of rotatable bonds is 2. The third-order valence-electron chi connectivity index (χ3n) is 6.43. The summed E-state index contributed by atoms with van der Waals surface area (Å²) in [6.07, 6.45) is -3.56. The Bertz CT molecular complexity index is 1390. The summed E-state index contributed by atoms with van der Waals surface area (Å²) >= 11 is 7.69. The zero-order valence-corrected chi connectivity index (χ0v) is 20.2. The molecule has 6 nitrogen and oxygen atoms in total. The number of alkyl halides is 3. The van der Waals surface area contributed by atoms with Crippen LogP contribution in [0.5, 0.6) is 5.75 Å². The normalized spacial score (nSPS) is 18.3. The van der Waals surface area contributed by atoms with Gasteiger partial charge in [-0.3, -0.25) is 19.3 Å². The van der Waals surface area contributed by atoms with Gasteiger partial charge in [0.1, 0.15) is 18.5 Å². The second-order valence-electron chi connectivity index (χ2n) is 8.45. The summed E-state index contributed by atoms with van der Waals surface area (Å²) in [6.45, 7) is 0.261. The SMILES string of the molecule is C[C@@H](N1CN([C@H]2c3cccc(Cl)c3CSc3c(F)cccc32)n2ccc(=O)c(O)c2C1=O)C(F)(F)F. The van der Waals surface area contributed by atoms with Crippen LogP contribution in [0.15, 0.2) is 58.4 Å². The van der Waals surface area contributed by atoms with E-state index in [-0.39, 0.29) is 4.90 Å². The molecular formula is C24H18ClF4N3O3S. The van der Waals surface area contributed by atoms with E-state index in [1.165, 1.54) is 39.8 Å². The van der Waals surface area contributed by atoms with E-state index in [0.29, 0.717) is 32.4 Å². The maximum Gasteiger partial charge on any atom is 0.408 e. The molecule has 0 fully saturated rings. The lowest BCUT2D eigenvalue weighted by Gasteiger charge is -2.46. The number of aromatic nitrogens is 1. The van der Waals surface area contributed by atoms with Gasteiger partial charge in [0.25, 0.3) is 5.91 Å². The Hall–Kier alpha value is -3.18. The molecule has 3 aromatic rings. The lowest BCUT2D eigenvalue weighted by molar-refractivity contribution is -0.173. The topological polar surface area (TPSA) is 65.8 Å². The Morgan fingerprint density at radius 2 is 1.81 bits per heavy atom. The number of benzene rings is 2. The van der Waals surface area contributed by atoms with Gasteiger partial charge >= 0.3 is 6.18 Å². The molecular weight excluding hydrogens is 522 g/mol. The van der Waals surface area contributed by atoms with Crippen molar-refractivity contribution in [3.05, 3.63) is 92.1 Å². The van der Waals surface area contributed by atoms with E-state index in [4.69, 9.17) is 11.6 Å². The third-order valence-corrected chi connectivity index (χ3v) is 7.94. The highest BCUT2D eigenvalue weighted by molar-refractivity contribution is 7.98. The first-order valence-corrected chi connectivity index (χ1v) is 12.1. The molecule has 1 aromatic heterocycles. The monoisotopic (exact) mass is 539 g/mol. The fourth-order valence-electron chi connectivity index (χ4n) is 4.55. The fraction of sp³-hybridized carbons (Fsp3) is 0.250. The molecule has 0 spiro atoms. The number of carbonyl (C=O) groups is 1. The molecule has 2 aromatic carbocycles. The minimum absolute atomic E-state index is 0.286. The molecule has 0 bridgehead atoms. The molecule has 0 aliphatic carbocycles. The predicted octanol–water partition coefficient (Wildman–Crippen LogP) is 5.04. The average Bonchev–Trinajstić information content (AvgIpc) is 2.99. The summed E-state index contributed by atoms with van der Waals surface area (Å²) in [7, 11) is 0. The maximum absolute atomic E-state index is 15.0. The number of amides is 1. The van der Waals surface area contributed by atoms with Crippen LogP contribution in [-0.2, 0) is 5.75 Å². The molecule has 1 N–H and O–H groups in total. The van der Waals surface area contributed by atoms with E-state index in [0.717, 1.165) is 13.0 Å². The van der Waals surface area contributed by atoms with Gasteiger partial charge in [-0.05, 0) is 35.7 Å². The van der Waals surface area contributed by atoms with Gasteiger partial charge < -0.3 is 10.0 Å². The largest absolute Gasteiger partial charge is 0.502 e. The van der Waals surface area contributed by atoms with Gasteiger partial charge in [-0.15, -0.1) is 11.8 Å². The molecule has 2 aliphatic rings. The number of nitrogens with zero attached hydrogens (tertiary/aromatic N) is 3. The lowest BCUT2D eigenvalue weighted by atomic mass is 9.94. The first-order valence-electron chi connectivity index (χ1n) is 10.8. The number of thioether (sulfide) groups is 1. The number of pyridine rings is 1. The van der Waals surface area contributed by atoms with Crippen molar-refractivity contribution in [2.75, 3.05) is 11.7 Å². The van der Waals surface area contributed by atoms with Gasteiger partial charge in [0.05, 0.1) is 6.04 Å². The Morgan fingerprint density at radius 3 is 2.53 bits per heavy atom. The van der Waals surface area contributed by atoms with E-state index < -0.39 is 53.5 Å². The fourth-order valence-corrected chi connectivity index (χ4v) is 6.04. The van der Waals surface area contributed by atoms with Crippen molar-refractivity contribution in [3.63, 3.8) is 0 Å². The Labute approximate surface area is 211 Å². The van der Waals surface area contributed by atoms with E-state index in [9.17, 15) is 32.3 Å². The van der Waals surface area contributed by atoms with Crippen molar-refractivity contribution < 1.29 is 27.5 Å². The highest BCUT2D eigenvalue weighted by Crippen LogP contribution is 2.46. The quantitative estimate of drug-likeness (QED) is 0.462. The predicted molar refractivity (Wildman–Crippen MR) is 126 cm³/mol. The molecule has 12 heteroatoms. The molecule has 188 valence electrons. The molecule has 0 unspecified atom stereocenters. The smallest absolute Gasteiger partial charge is 0.408 e. The second-order valence-corrected chi connectivity index (χ2v) is 9.84. The van der Waals surface area contributed by atoms with Gasteiger partial charge in [0.2, 0.25) is 5.43 Å². The lowest BCUT2D eigenvalue weighted by Crippen LogP contribution is -2.60. The summed E-state index contributed by atoms with van der Waals surface area (Å²) in [4.78, 5) is 26.2. The molecule has 0 saturated carbocycles. The van der Waals surface area contributed by atoms with E-state index in [1.54, 1.807) is 24.3 Å². The van der Waals surface area contributed by atoms with Gasteiger partial charge in [-0.2, -0.15) is 13.2 Å². The number of fused-ring (bicyclic) bond motifs is 3. The first kappa shape index (κ1) is 24.5. The van der Waals surface area contributed by atoms with E-state index in [1.807, 2.05) is 0 Å². The summed E-state index contributed by atoms with van der Waals surface area (Å²) < 4.78 is 57.4. The molecule has 5 rings (SSSR count). The van der Waals surface area contributed by atoms with Crippen molar-refractivity contribution >= 4 is 29.3 Å². The third kappa shape index (κ3) is 3.81. The Kier molecular flexibility index (Phi) is 5.95. The molecule has 3 heterocycles. The zero-order chi connectivity index (χ0) is 25.9. The number of halogens is 5. The minimum Gasteiger partial charge on any atom is -0.502 e. The van der Waals surface area contributed by atoms with Gasteiger partial charge in [-0.1, -0.05) is 35.9 Å². The van der Waals surface area contributed by atoms with Crippen LogP contribution >= 0.6 is 23.4 Å². The van der Waals surface area contributed by atoms with Gasteiger partial charge in [-0.25, -0.2) is 4.39 Å². The summed E-state index contributed by atoms with van der Waals surface area (Å²) in [5, 5.41) is 12.3. The van der Waals surface area contributed by atoms with Crippen LogP contribution in [0, 0.1) is 5.82 Å². The second kappa shape index (κ2) is 8.74. The molecule has 1 amide bonds. The standard InChI is InChI=1S/C24H18ClF4N3O3S/c1-12(24(27,28)29)30-11-32(31-9-8-18(33)21(34)20(31)23(30)35)19-13-4-2-6-16(25)15(13)10-36-22-14(19)5-3-7-17(22)26/h2-9,12,19,34H,10-11H2,1H3/t12-,19+/m1/s1. The van der Waals surface area contributed by atoms with Gasteiger partial charge in [0, 0.05) is 27.9 Å². The van der Waals surface area contributed by atoms with Crippen LogP contribution in [0.1, 0.15) is 40.1 Å². The minimum atomic E-state index is -4.78. The number of aromatic hydroxyl groups is 1. The average molecular weight is 540 g/mol. The zero-order valence-electron chi connectivity index (χ0n) is 18.6. The first-order chi connectivity index (χ1) is 17.0. The van der Waals surface area contributed by atoms with Crippen molar-refractivity contribution in [1.82, 2.24) is 9.58 Å². The number of hydrogen-bond acceptors (Lipinski definition) is 5. The molecule has 2 atom stereocenters. The van der Waals surface area contributed by atoms with Crippen molar-refractivity contribution in [3.8, 4) is 5.75 Å². The maximum atomic E-state index is 15.0.